The number of nitrogens with one attached hydrogen (secondary N) is 1. The zero-order valence-electron chi connectivity index (χ0n) is 30.9. The summed E-state index contributed by atoms with van der Waals surface area (Å²) in [6.07, 6.45) is 7.22. The van der Waals surface area contributed by atoms with Crippen molar-refractivity contribution < 1.29 is 28.5 Å². The number of carbonyl (C=O) groups is 2. The molecule has 7 saturated heterocycles. The number of para-hydroxylation sites is 3. The van der Waals surface area contributed by atoms with E-state index in [2.05, 4.69) is 68.5 Å². The number of nitrogens with zero attached hydrogens (tertiary/aromatic N) is 3. The van der Waals surface area contributed by atoms with Crippen molar-refractivity contribution in [1.29, 1.82) is 0 Å². The van der Waals surface area contributed by atoms with E-state index in [1.807, 2.05) is 0 Å². The summed E-state index contributed by atoms with van der Waals surface area (Å²) in [6, 6.07) is 18.3. The summed E-state index contributed by atoms with van der Waals surface area (Å²) in [7, 11) is 3.33. The highest BCUT2D eigenvalue weighted by Gasteiger charge is 2.76. The van der Waals surface area contributed by atoms with Gasteiger partial charge in [0.2, 0.25) is 0 Å². The Morgan fingerprint density at radius 2 is 1.77 bits per heavy atom. The van der Waals surface area contributed by atoms with Gasteiger partial charge in [-0.2, -0.15) is 0 Å². The SMILES string of the molecule is COC(=O)C1=C2Nc3ccccc3[C@@]23CCN2C[C@]4(CC5C[C@]67CC(=O)O[C@H]6CCN6CC[C@H](C5N(c5ccccc5OC)C4)C67)[C@@H]4OCC[C@]4(C1)C23. The normalized spacial score (nSPS) is 44.3. The number of rotatable bonds is 3. The van der Waals surface area contributed by atoms with Crippen LogP contribution in [-0.2, 0) is 29.2 Å². The highest BCUT2D eigenvalue weighted by molar-refractivity contribution is 5.93. The Bertz CT molecular complexity index is 1990. The standard InChI is InChI=1S/C43H50N4O6/c1-50-31-10-6-5-9-30(31)47-24-40(19-25-20-42-22-33(48)53-32(42)12-16-45-15-11-26(34(25)47)36(42)45)23-46-17-13-43-28-7-3-4-8-29(28)44-35(43)27(37(49)51-2)21-41(38(43)46)14-18-52-39(40)41/h3-10,25-26,32,34,36,38-39,44H,11-24H2,1-2H3/t25?,26-,32+,34?,36?,38?,39+,40+,41+,42+,43+/m1/s1. The molecule has 4 spiro atoms. The number of piperidine rings is 3. The van der Waals surface area contributed by atoms with Crippen LogP contribution in [0.25, 0.3) is 0 Å². The Hall–Kier alpha value is -3.60. The van der Waals surface area contributed by atoms with Crippen LogP contribution in [0.15, 0.2) is 59.8 Å². The lowest BCUT2D eigenvalue weighted by molar-refractivity contribution is -0.174. The average Bonchev–Trinajstić information content (AvgIpc) is 4.00. The van der Waals surface area contributed by atoms with E-state index in [1.165, 1.54) is 18.4 Å². The predicted octanol–water partition coefficient (Wildman–Crippen LogP) is 4.73. The van der Waals surface area contributed by atoms with Crippen molar-refractivity contribution in [2.45, 2.75) is 87.1 Å². The minimum atomic E-state index is -0.299. The number of hydrogen-bond donors (Lipinski definition) is 1. The molecule has 8 fully saturated rings. The molecule has 0 radical (unpaired) electrons. The van der Waals surface area contributed by atoms with Gasteiger partial charge in [0.1, 0.15) is 11.9 Å². The molecule has 10 aliphatic rings. The summed E-state index contributed by atoms with van der Waals surface area (Å²) in [5.41, 5.74) is 4.62. The van der Waals surface area contributed by atoms with E-state index in [0.717, 1.165) is 94.0 Å². The maximum atomic E-state index is 14.0. The van der Waals surface area contributed by atoms with Crippen LogP contribution < -0.4 is 15.0 Å². The Kier molecular flexibility index (Phi) is 6.33. The van der Waals surface area contributed by atoms with Crippen molar-refractivity contribution in [2.24, 2.45) is 28.1 Å². The monoisotopic (exact) mass is 718 g/mol. The second-order valence-corrected chi connectivity index (χ2v) is 18.5. The summed E-state index contributed by atoms with van der Waals surface area (Å²) in [5, 5.41) is 3.79. The number of hydrogen-bond acceptors (Lipinski definition) is 10. The fraction of sp³-hybridized carbons (Fsp3) is 0.628. The molecule has 4 unspecified atom stereocenters. The van der Waals surface area contributed by atoms with Gasteiger partial charge < -0.3 is 29.2 Å². The molecule has 2 aromatic carbocycles. The van der Waals surface area contributed by atoms with E-state index in [0.29, 0.717) is 43.4 Å². The zero-order valence-corrected chi connectivity index (χ0v) is 30.9. The minimum absolute atomic E-state index is 0.000370. The molecular weight excluding hydrogens is 668 g/mol. The Morgan fingerprint density at radius 3 is 2.66 bits per heavy atom. The van der Waals surface area contributed by atoms with Crippen molar-refractivity contribution >= 4 is 23.3 Å². The zero-order chi connectivity index (χ0) is 35.5. The molecule has 1 saturated carbocycles. The summed E-state index contributed by atoms with van der Waals surface area (Å²) in [5.74, 6) is 1.52. The summed E-state index contributed by atoms with van der Waals surface area (Å²) < 4.78 is 25.2. The van der Waals surface area contributed by atoms with Crippen LogP contribution in [0.3, 0.4) is 0 Å². The molecule has 1 N–H and O–H groups in total. The molecule has 0 bridgehead atoms. The molecule has 278 valence electrons. The first-order chi connectivity index (χ1) is 25.9. The Balaban J connectivity index is 1.03. The maximum absolute atomic E-state index is 14.0. The number of anilines is 2. The van der Waals surface area contributed by atoms with Gasteiger partial charge in [-0.3, -0.25) is 14.6 Å². The van der Waals surface area contributed by atoms with E-state index in [-0.39, 0.29) is 51.8 Å². The highest BCUT2D eigenvalue weighted by Crippen LogP contribution is 2.72. The molecule has 10 heteroatoms. The summed E-state index contributed by atoms with van der Waals surface area (Å²) >= 11 is 0. The van der Waals surface area contributed by atoms with Crippen molar-refractivity contribution in [3.8, 4) is 5.75 Å². The van der Waals surface area contributed by atoms with Crippen molar-refractivity contribution in [3.63, 3.8) is 0 Å². The molecule has 12 rings (SSSR count). The molecule has 0 amide bonds. The van der Waals surface area contributed by atoms with Gasteiger partial charge in [0, 0.05) is 72.0 Å². The first-order valence-corrected chi connectivity index (χ1v) is 20.2. The van der Waals surface area contributed by atoms with Crippen LogP contribution in [-0.4, -0.2) is 106 Å². The number of fused-ring (bicyclic) bond motifs is 4. The first kappa shape index (κ1) is 31.7. The number of benzene rings is 2. The van der Waals surface area contributed by atoms with Crippen LogP contribution in [0.1, 0.15) is 56.9 Å². The molecule has 0 aromatic heterocycles. The molecule has 53 heavy (non-hydrogen) atoms. The van der Waals surface area contributed by atoms with Crippen LogP contribution in [0.4, 0.5) is 11.4 Å². The van der Waals surface area contributed by atoms with Crippen LogP contribution >= 0.6 is 0 Å². The second kappa shape index (κ2) is 10.6. The fourth-order valence-electron chi connectivity index (χ4n) is 15.7. The molecule has 2 aromatic rings. The number of methoxy groups -OCH3 is 2. The molecular formula is C43H50N4O6. The van der Waals surface area contributed by atoms with Crippen LogP contribution in [0.5, 0.6) is 5.75 Å². The van der Waals surface area contributed by atoms with E-state index in [1.54, 1.807) is 7.11 Å². The molecule has 11 atom stereocenters. The third-order valence-corrected chi connectivity index (χ3v) is 16.6. The third kappa shape index (κ3) is 3.72. The fourth-order valence-corrected chi connectivity index (χ4v) is 15.7. The van der Waals surface area contributed by atoms with E-state index >= 15 is 0 Å². The Morgan fingerprint density at radius 1 is 0.925 bits per heavy atom. The summed E-state index contributed by atoms with van der Waals surface area (Å²) in [4.78, 5) is 35.6. The van der Waals surface area contributed by atoms with Gasteiger partial charge in [-0.25, -0.2) is 4.79 Å². The van der Waals surface area contributed by atoms with Gasteiger partial charge in [-0.15, -0.1) is 0 Å². The minimum Gasteiger partial charge on any atom is -0.495 e. The van der Waals surface area contributed by atoms with Gasteiger partial charge in [-0.1, -0.05) is 30.3 Å². The van der Waals surface area contributed by atoms with Gasteiger partial charge >= 0.3 is 11.9 Å². The van der Waals surface area contributed by atoms with Crippen molar-refractivity contribution in [2.75, 3.05) is 63.8 Å². The van der Waals surface area contributed by atoms with Crippen LogP contribution in [0.2, 0.25) is 0 Å². The maximum Gasteiger partial charge on any atom is 0.335 e. The lowest BCUT2D eigenvalue weighted by Crippen LogP contribution is -2.75. The average molecular weight is 719 g/mol. The number of carbonyl (C=O) groups excluding carboxylic acids is 2. The van der Waals surface area contributed by atoms with E-state index < -0.39 is 0 Å². The van der Waals surface area contributed by atoms with E-state index in [4.69, 9.17) is 18.9 Å². The van der Waals surface area contributed by atoms with Crippen molar-refractivity contribution in [3.05, 3.63) is 65.4 Å². The molecule has 8 aliphatic heterocycles. The lowest BCUT2D eigenvalue weighted by atomic mass is 9.46. The van der Waals surface area contributed by atoms with Gasteiger partial charge in [0.15, 0.2) is 0 Å². The van der Waals surface area contributed by atoms with Gasteiger partial charge in [0.05, 0.1) is 43.4 Å². The lowest BCUT2D eigenvalue weighted by Gasteiger charge is -2.68. The largest absolute Gasteiger partial charge is 0.495 e. The van der Waals surface area contributed by atoms with Crippen molar-refractivity contribution in [1.82, 2.24) is 9.80 Å². The molecule has 10 nitrogen and oxygen atoms in total. The second-order valence-electron chi connectivity index (χ2n) is 18.5. The quantitative estimate of drug-likeness (QED) is 0.450. The first-order valence-electron chi connectivity index (χ1n) is 20.2. The summed E-state index contributed by atoms with van der Waals surface area (Å²) in [6.45, 7) is 5.62. The molecule has 2 aliphatic carbocycles. The van der Waals surface area contributed by atoms with E-state index in [9.17, 15) is 9.59 Å². The number of ether oxygens (including phenoxy) is 4. The van der Waals surface area contributed by atoms with Gasteiger partial charge in [-0.05, 0) is 93.6 Å². The predicted molar refractivity (Wildman–Crippen MR) is 196 cm³/mol. The molecule has 8 heterocycles. The Labute approximate surface area is 311 Å². The van der Waals surface area contributed by atoms with Crippen LogP contribution in [0, 0.1) is 28.1 Å². The van der Waals surface area contributed by atoms with Gasteiger partial charge in [0.25, 0.3) is 0 Å². The number of esters is 2. The third-order valence-electron chi connectivity index (χ3n) is 16.6. The topological polar surface area (TPSA) is 92.8 Å². The smallest absolute Gasteiger partial charge is 0.335 e. The highest BCUT2D eigenvalue weighted by atomic mass is 16.6.